The van der Waals surface area contributed by atoms with Crippen LogP contribution in [0.4, 0.5) is 5.69 Å². The largest absolute Gasteiger partial charge is 0.454 e. The number of benzene rings is 2. The average Bonchev–Trinajstić information content (AvgIpc) is 2.97. The molecule has 2 aliphatic heterocycles. The third-order valence-corrected chi connectivity index (χ3v) is 7.41. The summed E-state index contributed by atoms with van der Waals surface area (Å²) < 4.78 is 6.41. The average molecular weight is 333 g/mol. The van der Waals surface area contributed by atoms with Gasteiger partial charge in [0.15, 0.2) is 5.58 Å². The zero-order valence-electron chi connectivity index (χ0n) is 15.7. The fraction of sp³-hybridized carbons (Fsp3) is 0.478. The van der Waals surface area contributed by atoms with Crippen molar-refractivity contribution in [3.63, 3.8) is 0 Å². The zero-order chi connectivity index (χ0) is 17.4. The highest BCUT2D eigenvalue weighted by molar-refractivity contribution is 6.09. The molecular weight excluding hydrogens is 306 g/mol. The summed E-state index contributed by atoms with van der Waals surface area (Å²) in [5.41, 5.74) is 5.39. The monoisotopic (exact) mass is 333 g/mol. The third-order valence-electron chi connectivity index (χ3n) is 7.41. The van der Waals surface area contributed by atoms with Crippen molar-refractivity contribution in [2.24, 2.45) is 5.41 Å². The Labute approximate surface area is 149 Å². The molecule has 2 bridgehead atoms. The summed E-state index contributed by atoms with van der Waals surface area (Å²) in [4.78, 5) is 2.72. The van der Waals surface area contributed by atoms with Crippen LogP contribution in [-0.4, -0.2) is 11.6 Å². The van der Waals surface area contributed by atoms with E-state index in [2.05, 4.69) is 69.0 Å². The topological polar surface area (TPSA) is 16.4 Å². The smallest absolute Gasteiger partial charge is 0.158 e. The van der Waals surface area contributed by atoms with E-state index in [0.29, 0.717) is 11.5 Å². The molecule has 2 aromatic carbocycles. The molecule has 1 aromatic heterocycles. The van der Waals surface area contributed by atoms with Crippen LogP contribution in [0.1, 0.15) is 52.0 Å². The molecule has 3 aromatic rings. The summed E-state index contributed by atoms with van der Waals surface area (Å²) in [6.45, 7) is 9.61. The molecule has 0 radical (unpaired) electrons. The number of hydrogen-bond acceptors (Lipinski definition) is 2. The summed E-state index contributed by atoms with van der Waals surface area (Å²) >= 11 is 0. The van der Waals surface area contributed by atoms with Gasteiger partial charge in [0.25, 0.3) is 0 Å². The zero-order valence-corrected chi connectivity index (χ0v) is 15.7. The lowest BCUT2D eigenvalue weighted by Gasteiger charge is -2.63. The van der Waals surface area contributed by atoms with Gasteiger partial charge in [-0.1, -0.05) is 37.3 Å². The van der Waals surface area contributed by atoms with Crippen molar-refractivity contribution in [2.75, 3.05) is 4.90 Å². The van der Waals surface area contributed by atoms with Crippen molar-refractivity contribution in [3.05, 3.63) is 42.0 Å². The van der Waals surface area contributed by atoms with E-state index >= 15 is 0 Å². The minimum absolute atomic E-state index is 0.245. The van der Waals surface area contributed by atoms with Crippen LogP contribution in [0.2, 0.25) is 0 Å². The van der Waals surface area contributed by atoms with Gasteiger partial charge in [0, 0.05) is 22.4 Å². The first kappa shape index (κ1) is 15.3. The lowest BCUT2D eigenvalue weighted by atomic mass is 9.59. The van der Waals surface area contributed by atoms with Gasteiger partial charge in [-0.25, -0.2) is 0 Å². The van der Waals surface area contributed by atoms with Crippen LogP contribution < -0.4 is 4.90 Å². The minimum Gasteiger partial charge on any atom is -0.454 e. The van der Waals surface area contributed by atoms with Crippen molar-refractivity contribution >= 4 is 27.6 Å². The second-order valence-corrected chi connectivity index (χ2v) is 8.90. The van der Waals surface area contributed by atoms with E-state index in [1.54, 1.807) is 0 Å². The number of piperidine rings is 2. The van der Waals surface area contributed by atoms with E-state index in [1.165, 1.54) is 47.7 Å². The Kier molecular flexibility index (Phi) is 2.94. The maximum absolute atomic E-state index is 6.41. The van der Waals surface area contributed by atoms with Crippen molar-refractivity contribution in [1.29, 1.82) is 0 Å². The fourth-order valence-corrected chi connectivity index (χ4v) is 5.43. The van der Waals surface area contributed by atoms with Crippen molar-refractivity contribution in [1.82, 2.24) is 0 Å². The minimum atomic E-state index is 0.245. The number of aryl methyl sites for hydroxylation is 1. The van der Waals surface area contributed by atoms with Crippen LogP contribution in [0.25, 0.3) is 21.9 Å². The molecule has 6 rings (SSSR count). The molecule has 3 fully saturated rings. The van der Waals surface area contributed by atoms with E-state index in [1.807, 2.05) is 0 Å². The van der Waals surface area contributed by atoms with Gasteiger partial charge >= 0.3 is 0 Å². The molecule has 1 aliphatic carbocycles. The lowest BCUT2D eigenvalue weighted by molar-refractivity contribution is 0.0510. The standard InChI is InChI=1S/C23H27NO/c1-15-9-10-18-17-7-5-6-8-19(17)25-21(18)20(15)24-16(2)22(3)11-13-23(24,4)14-12-22/h5-10,16H,11-14H2,1-4H3/t16-,22?,23?/m0/s1. The molecule has 3 aliphatic rings. The highest BCUT2D eigenvalue weighted by atomic mass is 16.3. The van der Waals surface area contributed by atoms with Gasteiger partial charge in [0.1, 0.15) is 5.58 Å². The molecule has 2 saturated heterocycles. The van der Waals surface area contributed by atoms with Crippen LogP contribution in [0.3, 0.4) is 0 Å². The molecule has 2 nitrogen and oxygen atoms in total. The molecule has 0 unspecified atom stereocenters. The predicted molar refractivity (Wildman–Crippen MR) is 105 cm³/mol. The van der Waals surface area contributed by atoms with E-state index in [-0.39, 0.29) is 5.54 Å². The van der Waals surface area contributed by atoms with Crippen molar-refractivity contribution in [3.8, 4) is 0 Å². The Bertz CT molecular complexity index is 974. The highest BCUT2D eigenvalue weighted by Crippen LogP contribution is 2.56. The molecule has 1 saturated carbocycles. The molecule has 25 heavy (non-hydrogen) atoms. The van der Waals surface area contributed by atoms with Crippen LogP contribution >= 0.6 is 0 Å². The molecule has 1 atom stereocenters. The van der Waals surface area contributed by atoms with Gasteiger partial charge in [-0.15, -0.1) is 0 Å². The molecule has 3 heterocycles. The van der Waals surface area contributed by atoms with E-state index in [4.69, 9.17) is 4.42 Å². The van der Waals surface area contributed by atoms with Gasteiger partial charge in [-0.2, -0.15) is 0 Å². The quantitative estimate of drug-likeness (QED) is 0.509. The number of nitrogens with zero attached hydrogens (tertiary/aromatic N) is 1. The van der Waals surface area contributed by atoms with Gasteiger partial charge in [0.2, 0.25) is 0 Å². The van der Waals surface area contributed by atoms with E-state index < -0.39 is 0 Å². The van der Waals surface area contributed by atoms with Crippen molar-refractivity contribution < 1.29 is 4.42 Å². The number of rotatable bonds is 1. The van der Waals surface area contributed by atoms with Crippen LogP contribution in [-0.2, 0) is 0 Å². The second kappa shape index (κ2) is 4.81. The third kappa shape index (κ3) is 1.91. The first-order chi connectivity index (χ1) is 11.9. The molecule has 0 N–H and O–H groups in total. The Balaban J connectivity index is 1.81. The number of furan rings is 1. The number of anilines is 1. The Morgan fingerprint density at radius 3 is 2.44 bits per heavy atom. The normalized spacial score (nSPS) is 32.0. The predicted octanol–water partition coefficient (Wildman–Crippen LogP) is 6.44. The number of hydrogen-bond donors (Lipinski definition) is 0. The fourth-order valence-electron chi connectivity index (χ4n) is 5.43. The van der Waals surface area contributed by atoms with Crippen molar-refractivity contribution in [2.45, 2.75) is 65.0 Å². The van der Waals surface area contributed by atoms with Crippen LogP contribution in [0, 0.1) is 12.3 Å². The maximum Gasteiger partial charge on any atom is 0.158 e. The molecular formula is C23H27NO. The Hall–Kier alpha value is -1.96. The Morgan fingerprint density at radius 2 is 1.68 bits per heavy atom. The van der Waals surface area contributed by atoms with Gasteiger partial charge in [-0.05, 0) is 63.5 Å². The highest BCUT2D eigenvalue weighted by Gasteiger charge is 2.53. The van der Waals surface area contributed by atoms with E-state index in [0.717, 1.165) is 11.2 Å². The summed E-state index contributed by atoms with van der Waals surface area (Å²) in [6.07, 6.45) is 5.25. The summed E-state index contributed by atoms with van der Waals surface area (Å²) in [5.74, 6) is 0. The summed E-state index contributed by atoms with van der Waals surface area (Å²) in [6, 6.07) is 13.5. The SMILES string of the molecule is Cc1ccc2c(oc3ccccc32)c1N1[C@@H](C)C2(C)CCC1(C)CC2. The number of fused-ring (bicyclic) bond motifs is 6. The van der Waals surface area contributed by atoms with Crippen LogP contribution in [0.5, 0.6) is 0 Å². The molecule has 0 spiro atoms. The van der Waals surface area contributed by atoms with E-state index in [9.17, 15) is 0 Å². The first-order valence-corrected chi connectivity index (χ1v) is 9.63. The lowest BCUT2D eigenvalue weighted by Crippen LogP contribution is -2.65. The number of para-hydroxylation sites is 1. The molecule has 130 valence electrons. The van der Waals surface area contributed by atoms with Gasteiger partial charge in [0.05, 0.1) is 5.69 Å². The molecule has 2 heteroatoms. The second-order valence-electron chi connectivity index (χ2n) is 8.90. The Morgan fingerprint density at radius 1 is 0.960 bits per heavy atom. The summed E-state index contributed by atoms with van der Waals surface area (Å²) in [7, 11) is 0. The van der Waals surface area contributed by atoms with Gasteiger partial charge in [-0.3, -0.25) is 0 Å². The summed E-state index contributed by atoms with van der Waals surface area (Å²) in [5, 5.41) is 2.48. The molecule has 0 amide bonds. The van der Waals surface area contributed by atoms with Gasteiger partial charge < -0.3 is 9.32 Å². The first-order valence-electron chi connectivity index (χ1n) is 9.63. The van der Waals surface area contributed by atoms with Crippen LogP contribution in [0.15, 0.2) is 40.8 Å². The maximum atomic E-state index is 6.41.